The molecule has 2 nitrogen and oxygen atoms in total. The van der Waals surface area contributed by atoms with E-state index in [0.717, 1.165) is 10.9 Å². The van der Waals surface area contributed by atoms with E-state index in [1.807, 2.05) is 19.1 Å². The summed E-state index contributed by atoms with van der Waals surface area (Å²) in [6.07, 6.45) is -4.66. The normalized spacial score (nSPS) is 12.0. The number of aryl methyl sites for hydroxylation is 2. The Morgan fingerprint density at radius 2 is 1.44 bits per heavy atom. The van der Waals surface area contributed by atoms with Crippen molar-refractivity contribution in [2.24, 2.45) is 7.05 Å². The van der Waals surface area contributed by atoms with Gasteiger partial charge in [0.1, 0.15) is 0 Å². The summed E-state index contributed by atoms with van der Waals surface area (Å²) in [5, 5.41) is 1.49. The quantitative estimate of drug-likeness (QED) is 0.424. The summed E-state index contributed by atoms with van der Waals surface area (Å²) in [5.41, 5.74) is -0.337. The smallest absolute Gasteiger partial charge is 0.311 e. The molecule has 4 aromatic rings. The highest BCUT2D eigenvalue weighted by molar-refractivity contribution is 6.01. The van der Waals surface area contributed by atoms with Gasteiger partial charge in [0.15, 0.2) is 0 Å². The average Bonchev–Trinajstić information content (AvgIpc) is 2.63. The summed E-state index contributed by atoms with van der Waals surface area (Å²) in [6.45, 7) is 1.90. The third kappa shape index (κ3) is 2.62. The molecule has 0 aliphatic rings. The molecule has 0 N–H and O–H groups in total. The predicted molar refractivity (Wildman–Crippen MR) is 102 cm³/mol. The highest BCUT2D eigenvalue weighted by Crippen LogP contribution is 2.41. The molecule has 0 radical (unpaired) electrons. The molecular weight excluding hydrogens is 351 g/mol. The molecule has 3 aromatic carbocycles. The molecule has 1 aromatic heterocycles. The van der Waals surface area contributed by atoms with E-state index in [-0.39, 0.29) is 16.5 Å². The van der Waals surface area contributed by atoms with Crippen molar-refractivity contribution < 1.29 is 13.2 Å². The van der Waals surface area contributed by atoms with Crippen molar-refractivity contribution in [2.75, 3.05) is 0 Å². The zero-order valence-electron chi connectivity index (χ0n) is 14.8. The number of hydrogen-bond donors (Lipinski definition) is 0. The highest BCUT2D eigenvalue weighted by Gasteiger charge is 2.38. The van der Waals surface area contributed by atoms with Gasteiger partial charge in [-0.05, 0) is 34.9 Å². The lowest BCUT2D eigenvalue weighted by atomic mass is 9.92. The van der Waals surface area contributed by atoms with Crippen LogP contribution in [0.1, 0.15) is 11.1 Å². The molecule has 5 heteroatoms. The molecule has 0 fully saturated rings. The van der Waals surface area contributed by atoms with Crippen molar-refractivity contribution in [1.82, 2.24) is 4.57 Å². The average molecular weight is 367 g/mol. The van der Waals surface area contributed by atoms with E-state index in [0.29, 0.717) is 10.9 Å². The molecular formula is C22H16F3NO. The molecule has 136 valence electrons. The van der Waals surface area contributed by atoms with Crippen molar-refractivity contribution in [3.8, 4) is 11.1 Å². The number of nitrogens with zero attached hydrogens (tertiary/aromatic N) is 1. The summed E-state index contributed by atoms with van der Waals surface area (Å²) in [4.78, 5) is 13.0. The third-order valence-electron chi connectivity index (χ3n) is 5.00. The Balaban J connectivity index is 2.27. The number of benzene rings is 3. The first-order chi connectivity index (χ1) is 12.8. The third-order valence-corrected chi connectivity index (χ3v) is 5.00. The molecule has 0 aliphatic heterocycles. The molecule has 0 aliphatic carbocycles. The molecule has 0 saturated heterocycles. The van der Waals surface area contributed by atoms with Gasteiger partial charge in [0.2, 0.25) is 0 Å². The lowest BCUT2D eigenvalue weighted by Gasteiger charge is -2.19. The Hall–Kier alpha value is -3.08. The van der Waals surface area contributed by atoms with Crippen LogP contribution in [0.25, 0.3) is 32.8 Å². The molecule has 27 heavy (non-hydrogen) atoms. The minimum Gasteiger partial charge on any atom is -0.311 e. The molecule has 0 spiro atoms. The van der Waals surface area contributed by atoms with Crippen molar-refractivity contribution in [3.63, 3.8) is 0 Å². The number of alkyl halides is 3. The van der Waals surface area contributed by atoms with Crippen molar-refractivity contribution in [1.29, 1.82) is 0 Å². The van der Waals surface area contributed by atoms with Gasteiger partial charge >= 0.3 is 6.18 Å². The molecule has 0 atom stereocenters. The standard InChI is InChI=1S/C22H16F3NO/c1-13-7-5-10-15-14(13)9-6-11-16(15)19-20(22(23,24)25)17-8-3-4-12-18(17)26(2)21(19)27/h3-12H,1-2H3. The number of rotatable bonds is 1. The van der Waals surface area contributed by atoms with Crippen LogP contribution < -0.4 is 5.56 Å². The zero-order chi connectivity index (χ0) is 19.3. The van der Waals surface area contributed by atoms with Crippen LogP contribution in [0.4, 0.5) is 13.2 Å². The first-order valence-corrected chi connectivity index (χ1v) is 8.48. The van der Waals surface area contributed by atoms with Crippen LogP contribution in [-0.2, 0) is 13.2 Å². The Morgan fingerprint density at radius 3 is 2.19 bits per heavy atom. The second-order valence-electron chi connectivity index (χ2n) is 6.60. The van der Waals surface area contributed by atoms with E-state index in [4.69, 9.17) is 0 Å². The van der Waals surface area contributed by atoms with Crippen LogP contribution in [0, 0.1) is 6.92 Å². The Labute approximate surface area is 153 Å². The van der Waals surface area contributed by atoms with Crippen molar-refractivity contribution in [3.05, 3.63) is 82.1 Å². The summed E-state index contributed by atoms with van der Waals surface area (Å²) in [5.74, 6) is 0. The summed E-state index contributed by atoms with van der Waals surface area (Å²) < 4.78 is 43.6. The lowest BCUT2D eigenvalue weighted by Crippen LogP contribution is -2.24. The van der Waals surface area contributed by atoms with Gasteiger partial charge in [-0.1, -0.05) is 54.6 Å². The lowest BCUT2D eigenvalue weighted by molar-refractivity contribution is -0.135. The van der Waals surface area contributed by atoms with Gasteiger partial charge in [0.05, 0.1) is 16.6 Å². The van der Waals surface area contributed by atoms with Crippen LogP contribution in [0.3, 0.4) is 0 Å². The maximum Gasteiger partial charge on any atom is 0.417 e. The first kappa shape index (κ1) is 17.3. The van der Waals surface area contributed by atoms with Gasteiger partial charge in [-0.2, -0.15) is 13.2 Å². The van der Waals surface area contributed by atoms with Crippen molar-refractivity contribution >= 4 is 21.7 Å². The van der Waals surface area contributed by atoms with Gasteiger partial charge in [-0.15, -0.1) is 0 Å². The first-order valence-electron chi connectivity index (χ1n) is 8.48. The van der Waals surface area contributed by atoms with E-state index in [9.17, 15) is 18.0 Å². The maximum absolute atomic E-state index is 14.1. The number of fused-ring (bicyclic) bond motifs is 2. The Morgan fingerprint density at radius 1 is 0.815 bits per heavy atom. The zero-order valence-corrected chi connectivity index (χ0v) is 14.8. The molecule has 0 unspecified atom stereocenters. The summed E-state index contributed by atoms with van der Waals surface area (Å²) in [7, 11) is 1.50. The predicted octanol–water partition coefficient (Wildman–Crippen LogP) is 5.69. The molecule has 0 amide bonds. The van der Waals surface area contributed by atoms with Crippen molar-refractivity contribution in [2.45, 2.75) is 13.1 Å². The van der Waals surface area contributed by atoms with E-state index in [1.165, 1.54) is 23.7 Å². The van der Waals surface area contributed by atoms with Gasteiger partial charge < -0.3 is 4.57 Å². The molecule has 0 saturated carbocycles. The fourth-order valence-electron chi connectivity index (χ4n) is 3.73. The fourth-order valence-corrected chi connectivity index (χ4v) is 3.73. The van der Waals surface area contributed by atoms with Gasteiger partial charge in [-0.3, -0.25) is 4.79 Å². The summed E-state index contributed by atoms with van der Waals surface area (Å²) in [6, 6.07) is 16.7. The van der Waals surface area contributed by atoms with Gasteiger partial charge in [0.25, 0.3) is 5.56 Å². The molecule has 1 heterocycles. The van der Waals surface area contributed by atoms with Crippen LogP contribution in [-0.4, -0.2) is 4.57 Å². The minimum absolute atomic E-state index is 0.0201. The number of hydrogen-bond acceptors (Lipinski definition) is 1. The van der Waals surface area contributed by atoms with Crippen LogP contribution >= 0.6 is 0 Å². The fraction of sp³-hybridized carbons (Fsp3) is 0.136. The number of halogens is 3. The Kier molecular flexibility index (Phi) is 3.84. The SMILES string of the molecule is Cc1cccc2c(-c3c(C(F)(F)F)c4ccccc4n(C)c3=O)cccc12. The van der Waals surface area contributed by atoms with Gasteiger partial charge in [0, 0.05) is 12.4 Å². The molecule has 4 rings (SSSR count). The van der Waals surface area contributed by atoms with E-state index in [1.54, 1.807) is 36.4 Å². The second kappa shape index (κ2) is 5.98. The number of pyridine rings is 1. The van der Waals surface area contributed by atoms with Crippen LogP contribution in [0.2, 0.25) is 0 Å². The van der Waals surface area contributed by atoms with Crippen LogP contribution in [0.5, 0.6) is 0 Å². The van der Waals surface area contributed by atoms with E-state index >= 15 is 0 Å². The topological polar surface area (TPSA) is 22.0 Å². The number of para-hydroxylation sites is 1. The summed E-state index contributed by atoms with van der Waals surface area (Å²) >= 11 is 0. The van der Waals surface area contributed by atoms with Crippen LogP contribution in [0.15, 0.2) is 65.5 Å². The monoisotopic (exact) mass is 367 g/mol. The largest absolute Gasteiger partial charge is 0.417 e. The van der Waals surface area contributed by atoms with E-state index in [2.05, 4.69) is 0 Å². The number of aromatic nitrogens is 1. The van der Waals surface area contributed by atoms with E-state index < -0.39 is 17.3 Å². The Bertz CT molecular complexity index is 1250. The molecule has 0 bridgehead atoms. The highest BCUT2D eigenvalue weighted by atomic mass is 19.4. The van der Waals surface area contributed by atoms with Gasteiger partial charge in [-0.25, -0.2) is 0 Å². The second-order valence-corrected chi connectivity index (χ2v) is 6.60. The minimum atomic E-state index is -4.66. The maximum atomic E-state index is 14.1.